The smallest absolute Gasteiger partial charge is 0.0358 e. The largest absolute Gasteiger partial charge is 0.313 e. The molecule has 3 rings (SSSR count). The number of benzene rings is 2. The molecule has 0 radical (unpaired) electrons. The molecule has 1 nitrogen and oxygen atoms in total. The summed E-state index contributed by atoms with van der Waals surface area (Å²) in [6.07, 6.45) is 4.92. The second-order valence-corrected chi connectivity index (χ2v) is 5.41. The van der Waals surface area contributed by atoms with E-state index in [1.54, 1.807) is 11.1 Å². The van der Waals surface area contributed by atoms with E-state index in [1.165, 1.54) is 30.4 Å². The van der Waals surface area contributed by atoms with Gasteiger partial charge in [0.05, 0.1) is 0 Å². The molecule has 1 aliphatic rings. The standard InChI is InChI=1S/C18H21N/c1-19-18(16-6-3-2-4-7-16)13-14-10-11-15-8-5-9-17(15)12-14/h2-4,6-7,10-12,18-19H,5,8-9,13H2,1H3. The molecule has 0 saturated heterocycles. The Kier molecular flexibility index (Phi) is 3.65. The number of hydrogen-bond donors (Lipinski definition) is 1. The molecule has 98 valence electrons. The lowest BCUT2D eigenvalue weighted by Crippen LogP contribution is -2.18. The van der Waals surface area contributed by atoms with Crippen LogP contribution < -0.4 is 5.32 Å². The van der Waals surface area contributed by atoms with Crippen LogP contribution in [0.1, 0.15) is 34.7 Å². The van der Waals surface area contributed by atoms with Crippen LogP contribution in [-0.2, 0) is 19.3 Å². The monoisotopic (exact) mass is 251 g/mol. The van der Waals surface area contributed by atoms with E-state index in [2.05, 4.69) is 53.8 Å². The summed E-state index contributed by atoms with van der Waals surface area (Å²) in [5.41, 5.74) is 5.94. The fourth-order valence-corrected chi connectivity index (χ4v) is 3.06. The van der Waals surface area contributed by atoms with Gasteiger partial charge in [-0.05, 0) is 55.0 Å². The second-order valence-electron chi connectivity index (χ2n) is 5.41. The first-order valence-corrected chi connectivity index (χ1v) is 7.19. The van der Waals surface area contributed by atoms with Crippen LogP contribution in [-0.4, -0.2) is 7.05 Å². The Balaban J connectivity index is 1.80. The predicted octanol–water partition coefficient (Wildman–Crippen LogP) is 3.68. The molecule has 19 heavy (non-hydrogen) atoms. The van der Waals surface area contributed by atoms with Crippen molar-refractivity contribution in [2.45, 2.75) is 31.7 Å². The average Bonchev–Trinajstić information content (AvgIpc) is 2.93. The molecule has 0 spiro atoms. The zero-order valence-corrected chi connectivity index (χ0v) is 11.5. The van der Waals surface area contributed by atoms with Crippen LogP contribution in [0.2, 0.25) is 0 Å². The van der Waals surface area contributed by atoms with E-state index in [9.17, 15) is 0 Å². The third-order valence-corrected chi connectivity index (χ3v) is 4.15. The number of nitrogens with one attached hydrogen (secondary N) is 1. The maximum Gasteiger partial charge on any atom is 0.0358 e. The third kappa shape index (κ3) is 2.71. The van der Waals surface area contributed by atoms with Crippen LogP contribution in [0.4, 0.5) is 0 Å². The van der Waals surface area contributed by atoms with Gasteiger partial charge in [-0.25, -0.2) is 0 Å². The van der Waals surface area contributed by atoms with Crippen molar-refractivity contribution < 1.29 is 0 Å². The van der Waals surface area contributed by atoms with Gasteiger partial charge in [0.2, 0.25) is 0 Å². The van der Waals surface area contributed by atoms with Gasteiger partial charge < -0.3 is 5.32 Å². The molecule has 0 bridgehead atoms. The lowest BCUT2D eigenvalue weighted by atomic mass is 9.97. The lowest BCUT2D eigenvalue weighted by Gasteiger charge is -2.17. The molecule has 0 heterocycles. The molecule has 0 fully saturated rings. The van der Waals surface area contributed by atoms with Crippen LogP contribution in [0, 0.1) is 0 Å². The SMILES string of the molecule is CNC(Cc1ccc2c(c1)CCC2)c1ccccc1. The van der Waals surface area contributed by atoms with Gasteiger partial charge in [-0.15, -0.1) is 0 Å². The Morgan fingerprint density at radius 1 is 1.00 bits per heavy atom. The van der Waals surface area contributed by atoms with Crippen LogP contribution in [0.15, 0.2) is 48.5 Å². The van der Waals surface area contributed by atoms with Crippen molar-refractivity contribution >= 4 is 0 Å². The summed E-state index contributed by atoms with van der Waals surface area (Å²) in [4.78, 5) is 0. The van der Waals surface area contributed by atoms with Gasteiger partial charge in [0.25, 0.3) is 0 Å². The van der Waals surface area contributed by atoms with Crippen LogP contribution in [0.25, 0.3) is 0 Å². The molecule has 1 aliphatic carbocycles. The van der Waals surface area contributed by atoms with E-state index in [1.807, 2.05) is 7.05 Å². The Hall–Kier alpha value is -1.60. The summed E-state index contributed by atoms with van der Waals surface area (Å²) in [5, 5.41) is 3.43. The topological polar surface area (TPSA) is 12.0 Å². The van der Waals surface area contributed by atoms with Crippen molar-refractivity contribution in [1.82, 2.24) is 5.32 Å². The Bertz CT molecular complexity index is 545. The van der Waals surface area contributed by atoms with E-state index in [-0.39, 0.29) is 0 Å². The third-order valence-electron chi connectivity index (χ3n) is 4.15. The highest BCUT2D eigenvalue weighted by atomic mass is 14.9. The van der Waals surface area contributed by atoms with Crippen molar-refractivity contribution in [1.29, 1.82) is 0 Å². The summed E-state index contributed by atoms with van der Waals surface area (Å²) < 4.78 is 0. The molecule has 1 N–H and O–H groups in total. The van der Waals surface area contributed by atoms with Gasteiger partial charge in [0, 0.05) is 6.04 Å². The zero-order valence-electron chi connectivity index (χ0n) is 11.5. The maximum atomic E-state index is 3.43. The first kappa shape index (κ1) is 12.4. The molecule has 0 saturated carbocycles. The highest BCUT2D eigenvalue weighted by Gasteiger charge is 2.13. The molecule has 1 heteroatoms. The van der Waals surface area contributed by atoms with Crippen LogP contribution >= 0.6 is 0 Å². The van der Waals surface area contributed by atoms with Gasteiger partial charge >= 0.3 is 0 Å². The molecule has 0 aromatic heterocycles. The van der Waals surface area contributed by atoms with E-state index in [0.717, 1.165) is 6.42 Å². The number of aryl methyl sites for hydroxylation is 2. The number of fused-ring (bicyclic) bond motifs is 1. The van der Waals surface area contributed by atoms with Gasteiger partial charge in [-0.2, -0.15) is 0 Å². The van der Waals surface area contributed by atoms with Crippen molar-refractivity contribution in [2.75, 3.05) is 7.05 Å². The predicted molar refractivity (Wildman–Crippen MR) is 80.4 cm³/mol. The van der Waals surface area contributed by atoms with Crippen molar-refractivity contribution in [3.8, 4) is 0 Å². The van der Waals surface area contributed by atoms with Gasteiger partial charge in [-0.1, -0.05) is 48.5 Å². The zero-order chi connectivity index (χ0) is 13.1. The molecule has 2 aromatic rings. The second kappa shape index (κ2) is 5.58. The Labute approximate surface area is 115 Å². The number of rotatable bonds is 4. The first-order chi connectivity index (χ1) is 9.36. The normalized spacial score (nSPS) is 15.2. The van der Waals surface area contributed by atoms with Gasteiger partial charge in [-0.3, -0.25) is 0 Å². The van der Waals surface area contributed by atoms with Crippen molar-refractivity contribution in [3.63, 3.8) is 0 Å². The summed E-state index contributed by atoms with van der Waals surface area (Å²) >= 11 is 0. The van der Waals surface area contributed by atoms with Crippen molar-refractivity contribution in [3.05, 3.63) is 70.8 Å². The van der Waals surface area contributed by atoms with E-state index >= 15 is 0 Å². The average molecular weight is 251 g/mol. The molecule has 1 unspecified atom stereocenters. The Morgan fingerprint density at radius 2 is 1.79 bits per heavy atom. The van der Waals surface area contributed by atoms with Crippen LogP contribution in [0.5, 0.6) is 0 Å². The highest BCUT2D eigenvalue weighted by molar-refractivity contribution is 5.36. The van der Waals surface area contributed by atoms with Gasteiger partial charge in [0.1, 0.15) is 0 Å². The fraction of sp³-hybridized carbons (Fsp3) is 0.333. The first-order valence-electron chi connectivity index (χ1n) is 7.19. The van der Waals surface area contributed by atoms with E-state index < -0.39 is 0 Å². The minimum absolute atomic E-state index is 0.403. The minimum atomic E-state index is 0.403. The van der Waals surface area contributed by atoms with Crippen molar-refractivity contribution in [2.24, 2.45) is 0 Å². The molecular weight excluding hydrogens is 230 g/mol. The number of hydrogen-bond acceptors (Lipinski definition) is 1. The van der Waals surface area contributed by atoms with E-state index in [4.69, 9.17) is 0 Å². The Morgan fingerprint density at radius 3 is 2.58 bits per heavy atom. The maximum absolute atomic E-state index is 3.43. The fourth-order valence-electron chi connectivity index (χ4n) is 3.06. The summed E-state index contributed by atoms with van der Waals surface area (Å²) in [6, 6.07) is 18.2. The lowest BCUT2D eigenvalue weighted by molar-refractivity contribution is 0.592. The quantitative estimate of drug-likeness (QED) is 0.874. The molecule has 1 atom stereocenters. The highest BCUT2D eigenvalue weighted by Crippen LogP contribution is 2.25. The minimum Gasteiger partial charge on any atom is -0.313 e. The summed E-state index contributed by atoms with van der Waals surface area (Å²) in [7, 11) is 2.05. The van der Waals surface area contributed by atoms with Crippen LogP contribution in [0.3, 0.4) is 0 Å². The number of likely N-dealkylation sites (N-methyl/N-ethyl adjacent to an activating group) is 1. The summed E-state index contributed by atoms with van der Waals surface area (Å²) in [5.74, 6) is 0. The molecular formula is C18H21N. The molecule has 0 amide bonds. The molecule has 2 aromatic carbocycles. The summed E-state index contributed by atoms with van der Waals surface area (Å²) in [6.45, 7) is 0. The molecule has 0 aliphatic heterocycles. The van der Waals surface area contributed by atoms with Gasteiger partial charge in [0.15, 0.2) is 0 Å². The van der Waals surface area contributed by atoms with E-state index in [0.29, 0.717) is 6.04 Å².